The number of aromatic nitrogens is 2. The molecule has 0 radical (unpaired) electrons. The Hall–Kier alpha value is -3.16. The van der Waals surface area contributed by atoms with Gasteiger partial charge in [0.25, 0.3) is 5.56 Å². The van der Waals surface area contributed by atoms with Gasteiger partial charge in [0.1, 0.15) is 6.54 Å². The second kappa shape index (κ2) is 6.15. The average molecular weight is 329 g/mol. The van der Waals surface area contributed by atoms with Crippen molar-refractivity contribution in [3.05, 3.63) is 68.5 Å². The fourth-order valence-corrected chi connectivity index (χ4v) is 2.82. The zero-order valence-electron chi connectivity index (χ0n) is 12.6. The number of rotatable bonds is 3. The van der Waals surface area contributed by atoms with Gasteiger partial charge in [0.2, 0.25) is 5.91 Å². The van der Waals surface area contributed by atoms with Crippen molar-refractivity contribution in [1.29, 1.82) is 0 Å². The first-order chi connectivity index (χ1) is 11.5. The molecule has 1 aliphatic heterocycles. The molecule has 0 bridgehead atoms. The van der Waals surface area contributed by atoms with E-state index in [0.29, 0.717) is 5.56 Å². The Morgan fingerprint density at radius 3 is 2.67 bits per heavy atom. The second-order valence-electron chi connectivity index (χ2n) is 5.60. The number of fused-ring (bicyclic) bond motifs is 1. The van der Waals surface area contributed by atoms with Crippen molar-refractivity contribution in [2.75, 3.05) is 6.54 Å². The number of amides is 1. The van der Waals surface area contributed by atoms with Crippen LogP contribution < -0.4 is 11.2 Å². The molecule has 1 aromatic carbocycles. The summed E-state index contributed by atoms with van der Waals surface area (Å²) in [7, 11) is 0. The maximum absolute atomic E-state index is 12.5. The number of carbonyl (C=O) groups excluding carboxylic acids is 1. The van der Waals surface area contributed by atoms with Crippen molar-refractivity contribution in [1.82, 2.24) is 14.5 Å². The van der Waals surface area contributed by atoms with Crippen molar-refractivity contribution in [3.63, 3.8) is 0 Å². The number of aliphatic carboxylic acids is 1. The Labute approximate surface area is 136 Å². The van der Waals surface area contributed by atoms with E-state index in [-0.39, 0.29) is 25.5 Å². The summed E-state index contributed by atoms with van der Waals surface area (Å²) in [6.07, 6.45) is 1.24. The number of nitrogens with zero attached hydrogens (tertiary/aromatic N) is 2. The Morgan fingerprint density at radius 1 is 1.21 bits per heavy atom. The van der Waals surface area contributed by atoms with Crippen molar-refractivity contribution >= 4 is 11.9 Å². The van der Waals surface area contributed by atoms with Gasteiger partial charge in [0, 0.05) is 25.4 Å². The number of carboxylic acids is 1. The standard InChI is InChI=1S/C16H15N3O5/c20-13-5-6-18(16(24)17-13)9-14(21)19-7-10-3-1-2-4-11(10)12(8-19)15(22)23/h1-6,12H,7-9H2,(H,22,23)(H,17,20,24). The summed E-state index contributed by atoms with van der Waals surface area (Å²) in [5, 5.41) is 9.42. The zero-order valence-corrected chi connectivity index (χ0v) is 12.6. The highest BCUT2D eigenvalue weighted by atomic mass is 16.4. The molecule has 1 aromatic heterocycles. The molecule has 1 atom stereocenters. The van der Waals surface area contributed by atoms with Gasteiger partial charge in [0.05, 0.1) is 5.92 Å². The Morgan fingerprint density at radius 2 is 1.96 bits per heavy atom. The van der Waals surface area contributed by atoms with Crippen LogP contribution in [0.2, 0.25) is 0 Å². The SMILES string of the molecule is O=C(O)C1CN(C(=O)Cn2ccc(=O)[nH]c2=O)Cc2ccccc21. The van der Waals surface area contributed by atoms with Crippen LogP contribution in [0.15, 0.2) is 46.1 Å². The zero-order chi connectivity index (χ0) is 17.3. The predicted molar refractivity (Wildman–Crippen MR) is 83.6 cm³/mol. The topological polar surface area (TPSA) is 112 Å². The smallest absolute Gasteiger partial charge is 0.328 e. The number of hydrogen-bond acceptors (Lipinski definition) is 4. The van der Waals surface area contributed by atoms with Crippen LogP contribution in [0.25, 0.3) is 0 Å². The number of hydrogen-bond donors (Lipinski definition) is 2. The van der Waals surface area contributed by atoms with Gasteiger partial charge >= 0.3 is 11.7 Å². The molecule has 2 heterocycles. The fourth-order valence-electron chi connectivity index (χ4n) is 2.82. The average Bonchev–Trinajstić information content (AvgIpc) is 2.56. The van der Waals surface area contributed by atoms with E-state index >= 15 is 0 Å². The molecule has 1 unspecified atom stereocenters. The minimum atomic E-state index is -0.999. The van der Waals surface area contributed by atoms with Gasteiger partial charge in [-0.05, 0) is 11.1 Å². The van der Waals surface area contributed by atoms with Crippen LogP contribution in [-0.4, -0.2) is 38.0 Å². The molecule has 124 valence electrons. The number of aromatic amines is 1. The molecule has 0 saturated heterocycles. The van der Waals surface area contributed by atoms with Crippen LogP contribution in [0.5, 0.6) is 0 Å². The lowest BCUT2D eigenvalue weighted by molar-refractivity contribution is -0.141. The lowest BCUT2D eigenvalue weighted by atomic mass is 9.90. The molecule has 0 aliphatic carbocycles. The van der Waals surface area contributed by atoms with E-state index in [2.05, 4.69) is 4.98 Å². The van der Waals surface area contributed by atoms with Crippen molar-refractivity contribution in [3.8, 4) is 0 Å². The molecule has 8 heteroatoms. The van der Waals surface area contributed by atoms with E-state index < -0.39 is 23.1 Å². The van der Waals surface area contributed by atoms with Gasteiger partial charge in [-0.1, -0.05) is 24.3 Å². The molecule has 2 N–H and O–H groups in total. The molecule has 0 spiro atoms. The lowest BCUT2D eigenvalue weighted by Gasteiger charge is -2.32. The Bertz CT molecular complexity index is 914. The molecule has 0 saturated carbocycles. The Kier molecular flexibility index (Phi) is 4.03. The van der Waals surface area contributed by atoms with Gasteiger partial charge in [-0.25, -0.2) is 4.79 Å². The summed E-state index contributed by atoms with van der Waals surface area (Å²) in [4.78, 5) is 50.2. The van der Waals surface area contributed by atoms with Crippen molar-refractivity contribution in [2.45, 2.75) is 19.0 Å². The highest BCUT2D eigenvalue weighted by molar-refractivity contribution is 5.81. The number of carbonyl (C=O) groups is 2. The molecule has 2 aromatic rings. The van der Waals surface area contributed by atoms with Crippen LogP contribution in [0.1, 0.15) is 17.0 Å². The first kappa shape index (κ1) is 15.7. The van der Waals surface area contributed by atoms with Crippen molar-refractivity contribution < 1.29 is 14.7 Å². The van der Waals surface area contributed by atoms with E-state index in [1.165, 1.54) is 11.1 Å². The van der Waals surface area contributed by atoms with Gasteiger partial charge in [0.15, 0.2) is 0 Å². The molecule has 1 amide bonds. The molecule has 1 aliphatic rings. The number of carboxylic acid groups (broad SMARTS) is 1. The van der Waals surface area contributed by atoms with Crippen LogP contribution >= 0.6 is 0 Å². The highest BCUT2D eigenvalue weighted by Gasteiger charge is 2.32. The maximum Gasteiger partial charge on any atom is 0.328 e. The van der Waals surface area contributed by atoms with Gasteiger partial charge in [-0.15, -0.1) is 0 Å². The minimum absolute atomic E-state index is 0.0449. The molecular weight excluding hydrogens is 314 g/mol. The third-order valence-corrected chi connectivity index (χ3v) is 4.05. The third-order valence-electron chi connectivity index (χ3n) is 4.05. The van der Waals surface area contributed by atoms with Crippen LogP contribution in [0.3, 0.4) is 0 Å². The molecule has 3 rings (SSSR count). The quantitative estimate of drug-likeness (QED) is 0.806. The minimum Gasteiger partial charge on any atom is -0.481 e. The largest absolute Gasteiger partial charge is 0.481 e. The van der Waals surface area contributed by atoms with Crippen molar-refractivity contribution in [2.24, 2.45) is 0 Å². The summed E-state index contributed by atoms with van der Waals surface area (Å²) in [6.45, 7) is 0.0737. The number of benzene rings is 1. The number of nitrogens with one attached hydrogen (secondary N) is 1. The summed E-state index contributed by atoms with van der Waals surface area (Å²) in [6, 6.07) is 8.25. The van der Waals surface area contributed by atoms with Gasteiger partial charge in [-0.2, -0.15) is 0 Å². The van der Waals surface area contributed by atoms with E-state index in [4.69, 9.17) is 0 Å². The monoisotopic (exact) mass is 329 g/mol. The first-order valence-electron chi connectivity index (χ1n) is 7.34. The molecule has 24 heavy (non-hydrogen) atoms. The number of H-pyrrole nitrogens is 1. The summed E-state index contributed by atoms with van der Waals surface area (Å²) < 4.78 is 1.08. The first-order valence-corrected chi connectivity index (χ1v) is 7.34. The van der Waals surface area contributed by atoms with Crippen LogP contribution in [0.4, 0.5) is 0 Å². The second-order valence-corrected chi connectivity index (χ2v) is 5.60. The lowest BCUT2D eigenvalue weighted by Crippen LogP contribution is -2.43. The van der Waals surface area contributed by atoms with Gasteiger partial charge in [-0.3, -0.25) is 23.9 Å². The van der Waals surface area contributed by atoms with E-state index in [1.807, 2.05) is 0 Å². The van der Waals surface area contributed by atoms with E-state index in [1.54, 1.807) is 24.3 Å². The Balaban J connectivity index is 1.85. The normalized spacial score (nSPS) is 16.5. The summed E-state index contributed by atoms with van der Waals surface area (Å²) in [5.74, 6) is -2.18. The molecular formula is C16H15N3O5. The maximum atomic E-state index is 12.5. The summed E-state index contributed by atoms with van der Waals surface area (Å²) in [5.41, 5.74) is 0.262. The van der Waals surface area contributed by atoms with E-state index in [9.17, 15) is 24.3 Å². The fraction of sp³-hybridized carbons (Fsp3) is 0.250. The van der Waals surface area contributed by atoms with Crippen LogP contribution in [0, 0.1) is 0 Å². The molecule has 0 fully saturated rings. The summed E-state index contributed by atoms with van der Waals surface area (Å²) >= 11 is 0. The van der Waals surface area contributed by atoms with Gasteiger partial charge < -0.3 is 10.0 Å². The van der Waals surface area contributed by atoms with E-state index in [0.717, 1.165) is 16.2 Å². The predicted octanol–water partition coefficient (Wildman–Crippen LogP) is -0.253. The molecule has 8 nitrogen and oxygen atoms in total. The third kappa shape index (κ3) is 2.98. The van der Waals surface area contributed by atoms with Crippen LogP contribution in [-0.2, 0) is 22.7 Å². The highest BCUT2D eigenvalue weighted by Crippen LogP contribution is 2.28.